The summed E-state index contributed by atoms with van der Waals surface area (Å²) in [6, 6.07) is 7.18. The van der Waals surface area contributed by atoms with Crippen LogP contribution in [0.2, 0.25) is 0 Å². The van der Waals surface area contributed by atoms with E-state index in [-0.39, 0.29) is 0 Å². The van der Waals surface area contributed by atoms with Gasteiger partial charge in [-0.3, -0.25) is 14.2 Å². The van der Waals surface area contributed by atoms with Crippen molar-refractivity contribution in [1.82, 2.24) is 19.6 Å². The van der Waals surface area contributed by atoms with Crippen LogP contribution in [0.1, 0.15) is 10.4 Å². The van der Waals surface area contributed by atoms with Gasteiger partial charge >= 0.3 is 0 Å². The first-order chi connectivity index (χ1) is 8.38. The minimum absolute atomic E-state index is 0.590. The zero-order valence-electron chi connectivity index (χ0n) is 8.82. The third-order valence-corrected chi connectivity index (χ3v) is 2.50. The van der Waals surface area contributed by atoms with Gasteiger partial charge in [0.25, 0.3) is 0 Å². The lowest BCUT2D eigenvalue weighted by Gasteiger charge is -1.99. The summed E-state index contributed by atoms with van der Waals surface area (Å²) in [6.07, 6.45) is 5.91. The van der Waals surface area contributed by atoms with Gasteiger partial charge in [-0.2, -0.15) is 0 Å². The Balaban J connectivity index is 2.27. The lowest BCUT2D eigenvalue weighted by Crippen LogP contribution is -1.92. The Morgan fingerprint density at radius 1 is 1.06 bits per heavy atom. The summed E-state index contributed by atoms with van der Waals surface area (Å²) in [7, 11) is 0. The first-order valence-electron chi connectivity index (χ1n) is 5.09. The van der Waals surface area contributed by atoms with Gasteiger partial charge in [-0.25, -0.2) is 0 Å². The van der Waals surface area contributed by atoms with Gasteiger partial charge in [-0.15, -0.1) is 10.2 Å². The second-order valence-corrected chi connectivity index (χ2v) is 3.57. The lowest BCUT2D eigenvalue weighted by atomic mass is 10.2. The molecule has 82 valence electrons. The third-order valence-electron chi connectivity index (χ3n) is 2.50. The summed E-state index contributed by atoms with van der Waals surface area (Å²) in [6.45, 7) is 0. The molecule has 5 nitrogen and oxygen atoms in total. The summed E-state index contributed by atoms with van der Waals surface area (Å²) >= 11 is 0. The standard InChI is InChI=1S/C12H8N4O/c17-8-9-1-2-11-14-15-12(16(11)7-9)10-3-5-13-6-4-10/h1-8H. The van der Waals surface area contributed by atoms with E-state index in [0.29, 0.717) is 17.0 Å². The smallest absolute Gasteiger partial charge is 0.168 e. The average Bonchev–Trinajstić information content (AvgIpc) is 2.82. The van der Waals surface area contributed by atoms with E-state index in [1.54, 1.807) is 35.1 Å². The number of carbonyl (C=O) groups excluding carboxylic acids is 1. The predicted octanol–water partition coefficient (Wildman–Crippen LogP) is 1.60. The van der Waals surface area contributed by atoms with Gasteiger partial charge in [0.15, 0.2) is 17.8 Å². The average molecular weight is 224 g/mol. The van der Waals surface area contributed by atoms with Crippen LogP contribution < -0.4 is 0 Å². The van der Waals surface area contributed by atoms with Crippen molar-refractivity contribution in [2.75, 3.05) is 0 Å². The van der Waals surface area contributed by atoms with Crippen LogP contribution in [-0.4, -0.2) is 25.9 Å². The fourth-order valence-electron chi connectivity index (χ4n) is 1.67. The van der Waals surface area contributed by atoms with Gasteiger partial charge in [0.05, 0.1) is 0 Å². The molecule has 0 aliphatic heterocycles. The van der Waals surface area contributed by atoms with Crippen LogP contribution >= 0.6 is 0 Å². The summed E-state index contributed by atoms with van der Waals surface area (Å²) in [4.78, 5) is 14.7. The highest BCUT2D eigenvalue weighted by atomic mass is 16.1. The van der Waals surface area contributed by atoms with Crippen molar-refractivity contribution in [2.24, 2.45) is 0 Å². The van der Waals surface area contributed by atoms with Crippen molar-refractivity contribution in [3.05, 3.63) is 48.4 Å². The van der Waals surface area contributed by atoms with E-state index in [1.807, 2.05) is 12.1 Å². The molecule has 0 aliphatic carbocycles. The Hall–Kier alpha value is -2.56. The summed E-state index contributed by atoms with van der Waals surface area (Å²) in [5.41, 5.74) is 2.21. The Bertz CT molecular complexity index is 675. The Kier molecular flexibility index (Phi) is 2.15. The van der Waals surface area contributed by atoms with Crippen molar-refractivity contribution >= 4 is 11.9 Å². The quantitative estimate of drug-likeness (QED) is 0.620. The monoisotopic (exact) mass is 224 g/mol. The molecule has 0 unspecified atom stereocenters. The Morgan fingerprint density at radius 2 is 1.88 bits per heavy atom. The third kappa shape index (κ3) is 1.57. The van der Waals surface area contributed by atoms with Crippen LogP contribution in [0.4, 0.5) is 0 Å². The molecule has 0 aromatic carbocycles. The van der Waals surface area contributed by atoms with E-state index in [0.717, 1.165) is 11.8 Å². The maximum absolute atomic E-state index is 10.8. The molecular weight excluding hydrogens is 216 g/mol. The second-order valence-electron chi connectivity index (χ2n) is 3.57. The van der Waals surface area contributed by atoms with E-state index in [1.165, 1.54) is 0 Å². The van der Waals surface area contributed by atoms with Gasteiger partial charge in [-0.05, 0) is 24.3 Å². The van der Waals surface area contributed by atoms with E-state index < -0.39 is 0 Å². The molecule has 0 amide bonds. The molecule has 3 rings (SSSR count). The fraction of sp³-hybridized carbons (Fsp3) is 0. The summed E-state index contributed by atoms with van der Waals surface area (Å²) in [5.74, 6) is 0.700. The maximum atomic E-state index is 10.8. The Morgan fingerprint density at radius 3 is 2.65 bits per heavy atom. The highest BCUT2D eigenvalue weighted by Gasteiger charge is 2.07. The van der Waals surface area contributed by atoms with E-state index in [4.69, 9.17) is 0 Å². The maximum Gasteiger partial charge on any atom is 0.168 e. The minimum Gasteiger partial charge on any atom is -0.298 e. The van der Waals surface area contributed by atoms with Crippen molar-refractivity contribution < 1.29 is 4.79 Å². The number of fused-ring (bicyclic) bond motifs is 1. The number of hydrogen-bond donors (Lipinski definition) is 0. The molecule has 0 N–H and O–H groups in total. The van der Waals surface area contributed by atoms with E-state index in [2.05, 4.69) is 15.2 Å². The molecule has 0 saturated heterocycles. The molecule has 3 aromatic heterocycles. The topological polar surface area (TPSA) is 60.2 Å². The number of nitrogens with zero attached hydrogens (tertiary/aromatic N) is 4. The molecule has 0 atom stereocenters. The zero-order valence-corrected chi connectivity index (χ0v) is 8.82. The largest absolute Gasteiger partial charge is 0.298 e. The minimum atomic E-state index is 0.590. The van der Waals surface area contributed by atoms with Gasteiger partial charge in [0, 0.05) is 29.7 Å². The second kappa shape index (κ2) is 3.79. The predicted molar refractivity (Wildman–Crippen MR) is 61.6 cm³/mol. The van der Waals surface area contributed by atoms with Gasteiger partial charge in [0.1, 0.15) is 0 Å². The van der Waals surface area contributed by atoms with Crippen LogP contribution in [0.15, 0.2) is 42.9 Å². The normalized spacial score (nSPS) is 10.6. The molecular formula is C12H8N4O. The first-order valence-corrected chi connectivity index (χ1v) is 5.09. The van der Waals surface area contributed by atoms with Crippen molar-refractivity contribution in [2.45, 2.75) is 0 Å². The SMILES string of the molecule is O=Cc1ccc2nnc(-c3ccncc3)n2c1. The number of aromatic nitrogens is 4. The molecule has 0 spiro atoms. The molecule has 0 bridgehead atoms. The summed E-state index contributed by atoms with van der Waals surface area (Å²) in [5, 5.41) is 8.16. The van der Waals surface area contributed by atoms with Crippen LogP contribution in [0.5, 0.6) is 0 Å². The van der Waals surface area contributed by atoms with Crippen molar-refractivity contribution in [3.8, 4) is 11.4 Å². The van der Waals surface area contributed by atoms with Crippen molar-refractivity contribution in [1.29, 1.82) is 0 Å². The fourth-order valence-corrected chi connectivity index (χ4v) is 1.67. The number of rotatable bonds is 2. The molecule has 0 aliphatic rings. The molecule has 3 aromatic rings. The molecule has 3 heterocycles. The zero-order chi connectivity index (χ0) is 11.7. The highest BCUT2D eigenvalue weighted by molar-refractivity contribution is 5.75. The number of hydrogen-bond acceptors (Lipinski definition) is 4. The Labute approximate surface area is 96.8 Å². The highest BCUT2D eigenvalue weighted by Crippen LogP contribution is 2.17. The number of carbonyl (C=O) groups is 1. The van der Waals surface area contributed by atoms with Gasteiger partial charge < -0.3 is 0 Å². The van der Waals surface area contributed by atoms with Gasteiger partial charge in [0.2, 0.25) is 0 Å². The van der Waals surface area contributed by atoms with Crippen LogP contribution in [0.3, 0.4) is 0 Å². The first kappa shape index (κ1) is 9.65. The number of aldehydes is 1. The molecule has 17 heavy (non-hydrogen) atoms. The van der Waals surface area contributed by atoms with Crippen molar-refractivity contribution in [3.63, 3.8) is 0 Å². The molecule has 0 radical (unpaired) electrons. The molecule has 0 fully saturated rings. The van der Waals surface area contributed by atoms with E-state index >= 15 is 0 Å². The van der Waals surface area contributed by atoms with Crippen LogP contribution in [-0.2, 0) is 0 Å². The molecule has 5 heteroatoms. The summed E-state index contributed by atoms with van der Waals surface area (Å²) < 4.78 is 1.79. The lowest BCUT2D eigenvalue weighted by molar-refractivity contribution is 0.112. The van der Waals surface area contributed by atoms with E-state index in [9.17, 15) is 4.79 Å². The molecule has 0 saturated carbocycles. The number of pyridine rings is 2. The van der Waals surface area contributed by atoms with Crippen LogP contribution in [0, 0.1) is 0 Å². The van der Waals surface area contributed by atoms with Crippen LogP contribution in [0.25, 0.3) is 17.0 Å². The van der Waals surface area contributed by atoms with Gasteiger partial charge in [-0.1, -0.05) is 0 Å².